The van der Waals surface area contributed by atoms with Crippen LogP contribution < -0.4 is 5.32 Å². The van der Waals surface area contributed by atoms with Gasteiger partial charge in [-0.2, -0.15) is 0 Å². The number of aromatic nitrogens is 2. The largest absolute Gasteiger partial charge is 0.421 e. The Labute approximate surface area is 141 Å². The molecule has 1 aliphatic rings. The topological polar surface area (TPSA) is 77.2 Å². The van der Waals surface area contributed by atoms with Gasteiger partial charge in [0.15, 0.2) is 0 Å². The van der Waals surface area contributed by atoms with E-state index >= 15 is 0 Å². The molecule has 0 radical (unpaired) electrons. The van der Waals surface area contributed by atoms with Gasteiger partial charge in [0.05, 0.1) is 12.1 Å². The molecule has 1 aliphatic heterocycles. The molecule has 1 fully saturated rings. The molecule has 0 saturated carbocycles. The third-order valence-electron chi connectivity index (χ3n) is 4.24. The summed E-state index contributed by atoms with van der Waals surface area (Å²) in [6, 6.07) is 7.93. The van der Waals surface area contributed by atoms with E-state index in [0.717, 1.165) is 25.0 Å². The van der Waals surface area contributed by atoms with Crippen molar-refractivity contribution in [3.05, 3.63) is 35.7 Å². The van der Waals surface area contributed by atoms with Crippen LogP contribution in [-0.4, -0.2) is 34.9 Å². The molecule has 6 nitrogen and oxygen atoms in total. The van der Waals surface area contributed by atoms with Crippen LogP contribution in [0.2, 0.25) is 0 Å². The number of carbonyl (C=O) groups excluding carboxylic acids is 1. The Hall–Kier alpha value is -2.21. The highest BCUT2D eigenvalue weighted by Gasteiger charge is 2.23. The van der Waals surface area contributed by atoms with E-state index in [0.29, 0.717) is 24.6 Å². The fraction of sp³-hybridized carbons (Fsp3) is 0.500. The van der Waals surface area contributed by atoms with Crippen molar-refractivity contribution in [3.8, 4) is 11.5 Å². The molecule has 2 aromatic rings. The van der Waals surface area contributed by atoms with Crippen molar-refractivity contribution >= 4 is 5.91 Å². The summed E-state index contributed by atoms with van der Waals surface area (Å²) in [7, 11) is 0. The van der Waals surface area contributed by atoms with Crippen molar-refractivity contribution in [2.24, 2.45) is 0 Å². The minimum absolute atomic E-state index is 0.0203. The Balaban J connectivity index is 1.49. The van der Waals surface area contributed by atoms with Crippen molar-refractivity contribution in [1.82, 2.24) is 15.5 Å². The summed E-state index contributed by atoms with van der Waals surface area (Å²) < 4.78 is 11.2. The molecule has 0 aliphatic carbocycles. The summed E-state index contributed by atoms with van der Waals surface area (Å²) in [5.41, 5.74) is 2.06. The molecule has 1 saturated heterocycles. The third-order valence-corrected chi connectivity index (χ3v) is 4.24. The van der Waals surface area contributed by atoms with E-state index in [1.807, 2.05) is 38.1 Å². The number of ether oxygens (including phenoxy) is 1. The number of hydrogen-bond acceptors (Lipinski definition) is 5. The van der Waals surface area contributed by atoms with Crippen LogP contribution >= 0.6 is 0 Å². The van der Waals surface area contributed by atoms with Crippen LogP contribution in [0.1, 0.15) is 37.6 Å². The molecule has 6 heteroatoms. The van der Waals surface area contributed by atoms with Gasteiger partial charge in [-0.15, -0.1) is 10.2 Å². The first kappa shape index (κ1) is 16.6. The van der Waals surface area contributed by atoms with Crippen LogP contribution in [-0.2, 0) is 16.0 Å². The minimum atomic E-state index is -0.0203. The smallest absolute Gasteiger partial charge is 0.247 e. The predicted octanol–water partition coefficient (Wildman–Crippen LogP) is 2.66. The van der Waals surface area contributed by atoms with Crippen LogP contribution in [0.5, 0.6) is 0 Å². The molecule has 2 atom stereocenters. The molecule has 0 unspecified atom stereocenters. The molecule has 24 heavy (non-hydrogen) atoms. The lowest BCUT2D eigenvalue weighted by Gasteiger charge is -2.19. The third kappa shape index (κ3) is 4.20. The van der Waals surface area contributed by atoms with E-state index < -0.39 is 0 Å². The number of nitrogens with zero attached hydrogens (tertiary/aromatic N) is 2. The Morgan fingerprint density at radius 3 is 2.83 bits per heavy atom. The summed E-state index contributed by atoms with van der Waals surface area (Å²) in [6.07, 6.45) is 2.96. The molecule has 1 aromatic heterocycles. The van der Waals surface area contributed by atoms with Crippen molar-refractivity contribution < 1.29 is 13.9 Å². The second kappa shape index (κ2) is 7.57. The van der Waals surface area contributed by atoms with Gasteiger partial charge in [0.2, 0.25) is 17.7 Å². The van der Waals surface area contributed by atoms with Gasteiger partial charge < -0.3 is 14.5 Å². The fourth-order valence-electron chi connectivity index (χ4n) is 2.80. The molecule has 1 amide bonds. The number of aryl methyl sites for hydroxylation is 2. The lowest BCUT2D eigenvalue weighted by molar-refractivity contribution is -0.122. The Morgan fingerprint density at radius 2 is 2.12 bits per heavy atom. The van der Waals surface area contributed by atoms with E-state index in [9.17, 15) is 4.79 Å². The summed E-state index contributed by atoms with van der Waals surface area (Å²) >= 11 is 0. The zero-order valence-electron chi connectivity index (χ0n) is 14.1. The second-order valence-corrected chi connectivity index (χ2v) is 6.27. The van der Waals surface area contributed by atoms with E-state index in [1.165, 1.54) is 5.56 Å². The van der Waals surface area contributed by atoms with Gasteiger partial charge in [0.1, 0.15) is 0 Å². The maximum absolute atomic E-state index is 12.0. The minimum Gasteiger partial charge on any atom is -0.421 e. The van der Waals surface area contributed by atoms with Gasteiger partial charge in [-0.05, 0) is 38.8 Å². The van der Waals surface area contributed by atoms with Crippen molar-refractivity contribution in [1.29, 1.82) is 0 Å². The lowest BCUT2D eigenvalue weighted by atomic mass is 10.1. The van der Waals surface area contributed by atoms with Gasteiger partial charge in [-0.3, -0.25) is 4.79 Å². The molecule has 1 N–H and O–H groups in total. The van der Waals surface area contributed by atoms with Gasteiger partial charge in [0.25, 0.3) is 0 Å². The van der Waals surface area contributed by atoms with Gasteiger partial charge in [-0.1, -0.05) is 17.7 Å². The molecule has 2 heterocycles. The van der Waals surface area contributed by atoms with Crippen molar-refractivity contribution in [3.63, 3.8) is 0 Å². The molecule has 0 bridgehead atoms. The summed E-state index contributed by atoms with van der Waals surface area (Å²) in [5, 5.41) is 11.1. The molecule has 1 aromatic carbocycles. The van der Waals surface area contributed by atoms with Gasteiger partial charge in [-0.25, -0.2) is 0 Å². The van der Waals surface area contributed by atoms with Crippen LogP contribution in [0, 0.1) is 6.92 Å². The van der Waals surface area contributed by atoms with Crippen LogP contribution in [0.4, 0.5) is 0 Å². The quantitative estimate of drug-likeness (QED) is 0.881. The van der Waals surface area contributed by atoms with Crippen molar-refractivity contribution in [2.75, 3.05) is 6.61 Å². The number of amides is 1. The number of nitrogens with one attached hydrogen (secondary N) is 1. The van der Waals surface area contributed by atoms with Crippen molar-refractivity contribution in [2.45, 2.75) is 51.7 Å². The Bertz CT molecular complexity index is 675. The maximum Gasteiger partial charge on any atom is 0.247 e. The molecular formula is C18H23N3O3. The molecule has 3 rings (SSSR count). The Morgan fingerprint density at radius 1 is 1.33 bits per heavy atom. The highest BCUT2D eigenvalue weighted by Crippen LogP contribution is 2.19. The van der Waals surface area contributed by atoms with Gasteiger partial charge >= 0.3 is 0 Å². The first-order chi connectivity index (χ1) is 11.6. The number of benzene rings is 1. The summed E-state index contributed by atoms with van der Waals surface area (Å²) in [6.45, 7) is 4.80. The first-order valence-corrected chi connectivity index (χ1v) is 8.42. The number of hydrogen-bond donors (Lipinski definition) is 1. The second-order valence-electron chi connectivity index (χ2n) is 6.27. The standard InChI is InChI=1S/C18H23N3O3/c1-12-5-7-14(8-6-12)18-21-20-17(24-18)10-9-16(22)19-13(2)15-4-3-11-23-15/h5-8,13,15H,3-4,9-11H2,1-2H3,(H,19,22)/t13-,15+/m1/s1. The molecule has 0 spiro atoms. The lowest BCUT2D eigenvalue weighted by Crippen LogP contribution is -2.40. The fourth-order valence-corrected chi connectivity index (χ4v) is 2.80. The average Bonchev–Trinajstić information content (AvgIpc) is 3.25. The SMILES string of the molecule is Cc1ccc(-c2nnc(CCC(=O)N[C@H](C)[C@@H]3CCCO3)o2)cc1. The zero-order chi connectivity index (χ0) is 16.9. The van der Waals surface area contributed by atoms with Crippen LogP contribution in [0.15, 0.2) is 28.7 Å². The summed E-state index contributed by atoms with van der Waals surface area (Å²) in [5.74, 6) is 0.941. The molecule has 128 valence electrons. The van der Waals surface area contributed by atoms with E-state index in [1.54, 1.807) is 0 Å². The zero-order valence-corrected chi connectivity index (χ0v) is 14.1. The number of carbonyl (C=O) groups is 1. The van der Waals surface area contributed by atoms with E-state index in [2.05, 4.69) is 15.5 Å². The monoisotopic (exact) mass is 329 g/mol. The highest BCUT2D eigenvalue weighted by molar-refractivity contribution is 5.76. The average molecular weight is 329 g/mol. The predicted molar refractivity (Wildman–Crippen MR) is 89.4 cm³/mol. The van der Waals surface area contributed by atoms with E-state index in [4.69, 9.17) is 9.15 Å². The maximum atomic E-state index is 12.0. The van der Waals surface area contributed by atoms with Crippen LogP contribution in [0.25, 0.3) is 11.5 Å². The number of rotatable bonds is 6. The Kier molecular flexibility index (Phi) is 5.25. The summed E-state index contributed by atoms with van der Waals surface area (Å²) in [4.78, 5) is 12.0. The van der Waals surface area contributed by atoms with Crippen LogP contribution in [0.3, 0.4) is 0 Å². The first-order valence-electron chi connectivity index (χ1n) is 8.42. The van der Waals surface area contributed by atoms with E-state index in [-0.39, 0.29) is 18.1 Å². The molecular weight excluding hydrogens is 306 g/mol. The normalized spacial score (nSPS) is 18.5. The highest BCUT2D eigenvalue weighted by atomic mass is 16.5. The van der Waals surface area contributed by atoms with Gasteiger partial charge in [0, 0.05) is 25.0 Å².